The number of hydrogen-bond acceptors (Lipinski definition) is 3. The van der Waals surface area contributed by atoms with E-state index in [-0.39, 0.29) is 5.91 Å². The molecule has 0 N–H and O–H groups in total. The third kappa shape index (κ3) is 3.23. The number of aryl methyl sites for hydroxylation is 3. The van der Waals surface area contributed by atoms with E-state index in [0.29, 0.717) is 24.3 Å². The van der Waals surface area contributed by atoms with Gasteiger partial charge in [-0.05, 0) is 67.5 Å². The second-order valence-corrected chi connectivity index (χ2v) is 9.33. The van der Waals surface area contributed by atoms with E-state index in [2.05, 4.69) is 6.07 Å². The summed E-state index contributed by atoms with van der Waals surface area (Å²) in [6, 6.07) is 11.6. The molecular formula is C21H24N2O3S. The van der Waals surface area contributed by atoms with Crippen LogP contribution in [0.15, 0.2) is 36.4 Å². The van der Waals surface area contributed by atoms with Crippen molar-refractivity contribution in [2.45, 2.75) is 32.6 Å². The van der Waals surface area contributed by atoms with Crippen molar-refractivity contribution in [2.75, 3.05) is 28.6 Å². The monoisotopic (exact) mass is 384 g/mol. The van der Waals surface area contributed by atoms with Gasteiger partial charge in [-0.15, -0.1) is 0 Å². The standard InChI is InChI=1S/C21H24N2O3S/c1-15-6-3-7-16-8-4-12-22(20(15)16)21(24)18-10-11-19-17(14-18)9-5-13-23(19)27(2,25)26/h3,6-7,10-11,14H,4-5,8-9,12-13H2,1-2H3. The lowest BCUT2D eigenvalue weighted by Crippen LogP contribution is -2.37. The Bertz CT molecular complexity index is 1010. The quantitative estimate of drug-likeness (QED) is 0.798. The highest BCUT2D eigenvalue weighted by Gasteiger charge is 2.28. The molecule has 0 bridgehead atoms. The molecule has 0 spiro atoms. The first-order valence-electron chi connectivity index (χ1n) is 9.37. The number of hydrogen-bond donors (Lipinski definition) is 0. The van der Waals surface area contributed by atoms with Crippen LogP contribution in [0, 0.1) is 6.92 Å². The van der Waals surface area contributed by atoms with E-state index in [0.717, 1.165) is 42.5 Å². The van der Waals surface area contributed by atoms with Gasteiger partial charge in [0.2, 0.25) is 10.0 Å². The van der Waals surface area contributed by atoms with Crippen LogP contribution in [-0.2, 0) is 22.9 Å². The zero-order valence-corrected chi connectivity index (χ0v) is 16.6. The molecule has 0 radical (unpaired) electrons. The molecule has 0 aromatic heterocycles. The molecule has 27 heavy (non-hydrogen) atoms. The molecule has 2 aliphatic heterocycles. The summed E-state index contributed by atoms with van der Waals surface area (Å²) in [6.07, 6.45) is 4.74. The van der Waals surface area contributed by atoms with Crippen molar-refractivity contribution >= 4 is 27.3 Å². The first-order valence-corrected chi connectivity index (χ1v) is 11.2. The van der Waals surface area contributed by atoms with Crippen LogP contribution < -0.4 is 9.21 Å². The molecule has 0 saturated carbocycles. The zero-order chi connectivity index (χ0) is 19.2. The summed E-state index contributed by atoms with van der Waals surface area (Å²) < 4.78 is 25.5. The number of anilines is 2. The number of carbonyl (C=O) groups excluding carboxylic acids is 1. The zero-order valence-electron chi connectivity index (χ0n) is 15.7. The van der Waals surface area contributed by atoms with Crippen LogP contribution >= 0.6 is 0 Å². The Balaban J connectivity index is 1.71. The van der Waals surface area contributed by atoms with Crippen LogP contribution in [0.25, 0.3) is 0 Å². The number of sulfonamides is 1. The molecule has 2 heterocycles. The third-order valence-electron chi connectivity index (χ3n) is 5.47. The van der Waals surface area contributed by atoms with Gasteiger partial charge in [-0.2, -0.15) is 0 Å². The molecule has 6 heteroatoms. The molecule has 0 atom stereocenters. The number of amides is 1. The number of para-hydroxylation sites is 1. The van der Waals surface area contributed by atoms with Crippen LogP contribution in [-0.4, -0.2) is 33.7 Å². The summed E-state index contributed by atoms with van der Waals surface area (Å²) >= 11 is 0. The molecule has 2 aromatic rings. The van der Waals surface area contributed by atoms with E-state index >= 15 is 0 Å². The SMILES string of the molecule is Cc1cccc2c1N(C(=O)c1ccc3c(c1)CCCN3S(C)(=O)=O)CCC2. The molecule has 0 saturated heterocycles. The van der Waals surface area contributed by atoms with Crippen LogP contribution in [0.5, 0.6) is 0 Å². The van der Waals surface area contributed by atoms with Gasteiger partial charge in [0, 0.05) is 18.7 Å². The smallest absolute Gasteiger partial charge is 0.258 e. The van der Waals surface area contributed by atoms with Crippen LogP contribution in [0.2, 0.25) is 0 Å². The fourth-order valence-corrected chi connectivity index (χ4v) is 5.24. The maximum Gasteiger partial charge on any atom is 0.258 e. The Morgan fingerprint density at radius 2 is 1.74 bits per heavy atom. The van der Waals surface area contributed by atoms with Gasteiger partial charge in [0.05, 0.1) is 17.6 Å². The fraction of sp³-hybridized carbons (Fsp3) is 0.381. The van der Waals surface area contributed by atoms with Gasteiger partial charge >= 0.3 is 0 Å². The average molecular weight is 385 g/mol. The maximum atomic E-state index is 13.3. The third-order valence-corrected chi connectivity index (χ3v) is 6.65. The Labute approximate surface area is 160 Å². The van der Waals surface area contributed by atoms with Crippen molar-refractivity contribution < 1.29 is 13.2 Å². The van der Waals surface area contributed by atoms with Gasteiger partial charge in [0.1, 0.15) is 0 Å². The highest BCUT2D eigenvalue weighted by Crippen LogP contribution is 2.34. The lowest BCUT2D eigenvalue weighted by atomic mass is 9.96. The van der Waals surface area contributed by atoms with E-state index in [9.17, 15) is 13.2 Å². The van der Waals surface area contributed by atoms with E-state index in [1.807, 2.05) is 30.0 Å². The number of benzene rings is 2. The van der Waals surface area contributed by atoms with Gasteiger partial charge in [-0.1, -0.05) is 18.2 Å². The molecule has 0 fully saturated rings. The Hall–Kier alpha value is -2.34. The molecule has 5 nitrogen and oxygen atoms in total. The Kier molecular flexibility index (Phi) is 4.46. The highest BCUT2D eigenvalue weighted by atomic mass is 32.2. The van der Waals surface area contributed by atoms with E-state index in [1.165, 1.54) is 16.1 Å². The molecule has 142 valence electrons. The minimum atomic E-state index is -3.30. The lowest BCUT2D eigenvalue weighted by Gasteiger charge is -2.32. The molecule has 4 rings (SSSR count). The van der Waals surface area contributed by atoms with E-state index in [1.54, 1.807) is 12.1 Å². The summed E-state index contributed by atoms with van der Waals surface area (Å²) in [6.45, 7) is 3.25. The Morgan fingerprint density at radius 3 is 2.52 bits per heavy atom. The van der Waals surface area contributed by atoms with Crippen LogP contribution in [0.1, 0.15) is 39.9 Å². The van der Waals surface area contributed by atoms with Crippen LogP contribution in [0.3, 0.4) is 0 Å². The predicted molar refractivity (Wildman–Crippen MR) is 108 cm³/mol. The topological polar surface area (TPSA) is 57.7 Å². The van der Waals surface area contributed by atoms with Gasteiger partial charge in [0.25, 0.3) is 5.91 Å². The summed E-state index contributed by atoms with van der Waals surface area (Å²) in [5.74, 6) is -0.00970. The first-order chi connectivity index (χ1) is 12.9. The normalized spacial score (nSPS) is 16.7. The molecule has 0 aliphatic carbocycles. The number of carbonyl (C=O) groups is 1. The Morgan fingerprint density at radius 1 is 1.00 bits per heavy atom. The summed E-state index contributed by atoms with van der Waals surface area (Å²) in [5, 5.41) is 0. The second kappa shape index (κ2) is 6.68. The summed E-state index contributed by atoms with van der Waals surface area (Å²) in [5.41, 5.74) is 5.62. The highest BCUT2D eigenvalue weighted by molar-refractivity contribution is 7.92. The van der Waals surface area contributed by atoms with Gasteiger partial charge in [-0.3, -0.25) is 9.10 Å². The summed E-state index contributed by atoms with van der Waals surface area (Å²) in [7, 11) is -3.30. The average Bonchev–Trinajstić information content (AvgIpc) is 2.65. The van der Waals surface area contributed by atoms with Crippen molar-refractivity contribution in [2.24, 2.45) is 0 Å². The largest absolute Gasteiger partial charge is 0.308 e. The minimum Gasteiger partial charge on any atom is -0.308 e. The van der Waals surface area contributed by atoms with Crippen LogP contribution in [0.4, 0.5) is 11.4 Å². The van der Waals surface area contributed by atoms with E-state index in [4.69, 9.17) is 0 Å². The van der Waals surface area contributed by atoms with Crippen molar-refractivity contribution in [3.63, 3.8) is 0 Å². The number of nitrogens with zero attached hydrogens (tertiary/aromatic N) is 2. The molecule has 0 unspecified atom stereocenters. The molecule has 2 aliphatic rings. The predicted octanol–water partition coefficient (Wildman–Crippen LogP) is 3.30. The number of fused-ring (bicyclic) bond motifs is 2. The lowest BCUT2D eigenvalue weighted by molar-refractivity contribution is 0.0985. The molecule has 1 amide bonds. The fourth-order valence-electron chi connectivity index (χ4n) is 4.25. The van der Waals surface area contributed by atoms with Crippen molar-refractivity contribution in [1.29, 1.82) is 0 Å². The van der Waals surface area contributed by atoms with Crippen molar-refractivity contribution in [1.82, 2.24) is 0 Å². The molecule has 2 aromatic carbocycles. The second-order valence-electron chi connectivity index (χ2n) is 7.43. The van der Waals surface area contributed by atoms with Crippen molar-refractivity contribution in [3.8, 4) is 0 Å². The van der Waals surface area contributed by atoms with Gasteiger partial charge in [0.15, 0.2) is 0 Å². The first kappa shape index (κ1) is 18.0. The molecular weight excluding hydrogens is 360 g/mol. The maximum absolute atomic E-state index is 13.3. The van der Waals surface area contributed by atoms with Crippen molar-refractivity contribution in [3.05, 3.63) is 58.7 Å². The number of rotatable bonds is 2. The minimum absolute atomic E-state index is 0.00970. The summed E-state index contributed by atoms with van der Waals surface area (Å²) in [4.78, 5) is 15.2. The van der Waals surface area contributed by atoms with Gasteiger partial charge in [-0.25, -0.2) is 8.42 Å². The van der Waals surface area contributed by atoms with E-state index < -0.39 is 10.0 Å². The van der Waals surface area contributed by atoms with Gasteiger partial charge < -0.3 is 4.90 Å².